The van der Waals surface area contributed by atoms with Gasteiger partial charge in [-0.2, -0.15) is 0 Å². The Kier molecular flexibility index (Phi) is 4.11. The molecule has 0 spiro atoms. The fourth-order valence-corrected chi connectivity index (χ4v) is 0.926. The summed E-state index contributed by atoms with van der Waals surface area (Å²) >= 11 is 0. The molecule has 0 saturated heterocycles. The van der Waals surface area contributed by atoms with Crippen LogP contribution in [-0.2, 0) is 4.79 Å². The predicted molar refractivity (Wildman–Crippen MR) is 56.8 cm³/mol. The lowest BCUT2D eigenvalue weighted by molar-refractivity contribution is -0.126. The molecule has 0 atom stereocenters. The molecule has 1 N–H and O–H groups in total. The van der Waals surface area contributed by atoms with Gasteiger partial charge >= 0.3 is 0 Å². The second-order valence-corrected chi connectivity index (χ2v) is 5.31. The van der Waals surface area contributed by atoms with Gasteiger partial charge in [-0.1, -0.05) is 20.8 Å². The minimum Gasteiger partial charge on any atom is -0.315 e. The van der Waals surface area contributed by atoms with Crippen LogP contribution in [-0.4, -0.2) is 18.4 Å². The van der Waals surface area contributed by atoms with E-state index in [-0.39, 0.29) is 11.0 Å². The van der Waals surface area contributed by atoms with Gasteiger partial charge in [0.25, 0.3) is 0 Å². The van der Waals surface area contributed by atoms with Crippen molar-refractivity contribution in [3.8, 4) is 0 Å². The summed E-state index contributed by atoms with van der Waals surface area (Å²) in [5.41, 5.74) is -0.120. The van der Waals surface area contributed by atoms with Gasteiger partial charge in [0, 0.05) is 17.4 Å². The monoisotopic (exact) mass is 185 g/mol. The minimum absolute atomic E-state index is 0.0703. The first-order valence-corrected chi connectivity index (χ1v) is 4.91. The number of hydrogen-bond donors (Lipinski definition) is 1. The van der Waals surface area contributed by atoms with E-state index in [4.69, 9.17) is 0 Å². The topological polar surface area (TPSA) is 29.1 Å². The molecule has 0 heterocycles. The zero-order chi connectivity index (χ0) is 10.7. The highest BCUT2D eigenvalue weighted by Gasteiger charge is 2.23. The summed E-state index contributed by atoms with van der Waals surface area (Å²) in [6.45, 7) is 10.1. The molecule has 0 rings (SSSR count). The van der Waals surface area contributed by atoms with E-state index in [2.05, 4.69) is 19.2 Å². The summed E-state index contributed by atoms with van der Waals surface area (Å²) < 4.78 is 0. The Morgan fingerprint density at radius 3 is 1.92 bits per heavy atom. The molecule has 78 valence electrons. The van der Waals surface area contributed by atoms with Crippen molar-refractivity contribution in [2.24, 2.45) is 5.41 Å². The van der Waals surface area contributed by atoms with Crippen LogP contribution >= 0.6 is 0 Å². The smallest absolute Gasteiger partial charge is 0.138 e. The molecule has 0 amide bonds. The lowest BCUT2D eigenvalue weighted by Crippen LogP contribution is -2.37. The molecule has 0 radical (unpaired) electrons. The van der Waals surface area contributed by atoms with E-state index >= 15 is 0 Å². The van der Waals surface area contributed by atoms with Gasteiger partial charge in [0.1, 0.15) is 5.78 Å². The Balaban J connectivity index is 3.98. The van der Waals surface area contributed by atoms with Crippen molar-refractivity contribution in [1.82, 2.24) is 5.32 Å². The highest BCUT2D eigenvalue weighted by Crippen LogP contribution is 2.20. The van der Waals surface area contributed by atoms with Crippen LogP contribution < -0.4 is 5.32 Å². The molecule has 0 aliphatic carbocycles. The van der Waals surface area contributed by atoms with Crippen molar-refractivity contribution in [3.63, 3.8) is 0 Å². The minimum atomic E-state index is -0.191. The quantitative estimate of drug-likeness (QED) is 0.728. The van der Waals surface area contributed by atoms with Crippen LogP contribution in [0.2, 0.25) is 0 Å². The second kappa shape index (κ2) is 4.23. The number of carbonyl (C=O) groups excluding carboxylic acids is 1. The molecular weight excluding hydrogens is 162 g/mol. The Morgan fingerprint density at radius 2 is 1.62 bits per heavy atom. The third-order valence-electron chi connectivity index (χ3n) is 2.49. The number of nitrogens with one attached hydrogen (secondary N) is 1. The standard InChI is InChI=1S/C11H23NO/c1-10(2,3)9(13)7-8-11(4,5)12-6/h12H,7-8H2,1-6H3. The third-order valence-corrected chi connectivity index (χ3v) is 2.49. The van der Waals surface area contributed by atoms with E-state index in [1.807, 2.05) is 27.8 Å². The summed E-state index contributed by atoms with van der Waals surface area (Å²) in [6.07, 6.45) is 1.57. The number of Topliss-reactive ketones (excluding diaryl/α,β-unsaturated/α-hetero) is 1. The highest BCUT2D eigenvalue weighted by atomic mass is 16.1. The maximum Gasteiger partial charge on any atom is 0.138 e. The van der Waals surface area contributed by atoms with Crippen LogP contribution in [0.25, 0.3) is 0 Å². The van der Waals surface area contributed by atoms with Crippen molar-refractivity contribution in [3.05, 3.63) is 0 Å². The number of carbonyl (C=O) groups is 1. The van der Waals surface area contributed by atoms with Crippen molar-refractivity contribution in [2.75, 3.05) is 7.05 Å². The van der Waals surface area contributed by atoms with Crippen LogP contribution in [0.15, 0.2) is 0 Å². The van der Waals surface area contributed by atoms with Crippen molar-refractivity contribution in [2.45, 2.75) is 53.0 Å². The highest BCUT2D eigenvalue weighted by molar-refractivity contribution is 5.83. The first-order chi connectivity index (χ1) is 5.69. The lowest BCUT2D eigenvalue weighted by atomic mass is 9.85. The van der Waals surface area contributed by atoms with E-state index in [9.17, 15) is 4.79 Å². The molecule has 0 aliphatic rings. The molecule has 0 aliphatic heterocycles. The van der Waals surface area contributed by atoms with Gasteiger partial charge in [-0.15, -0.1) is 0 Å². The first-order valence-electron chi connectivity index (χ1n) is 4.91. The summed E-state index contributed by atoms with van der Waals surface area (Å²) in [5, 5.41) is 3.20. The lowest BCUT2D eigenvalue weighted by Gasteiger charge is -2.25. The maximum absolute atomic E-state index is 11.6. The van der Waals surface area contributed by atoms with E-state index in [0.29, 0.717) is 12.2 Å². The average molecular weight is 185 g/mol. The zero-order valence-corrected chi connectivity index (χ0v) is 9.82. The van der Waals surface area contributed by atoms with Crippen molar-refractivity contribution in [1.29, 1.82) is 0 Å². The Morgan fingerprint density at radius 1 is 1.15 bits per heavy atom. The van der Waals surface area contributed by atoms with Crippen molar-refractivity contribution < 1.29 is 4.79 Å². The molecule has 0 unspecified atom stereocenters. The number of ketones is 1. The Hall–Kier alpha value is -0.370. The van der Waals surface area contributed by atoms with Crippen LogP contribution in [0.4, 0.5) is 0 Å². The van der Waals surface area contributed by atoms with Gasteiger partial charge in [0.2, 0.25) is 0 Å². The molecule has 2 heteroatoms. The van der Waals surface area contributed by atoms with Gasteiger partial charge in [-0.05, 0) is 27.3 Å². The molecule has 2 nitrogen and oxygen atoms in total. The molecule has 0 aromatic heterocycles. The van der Waals surface area contributed by atoms with Gasteiger partial charge in [-0.25, -0.2) is 0 Å². The van der Waals surface area contributed by atoms with Crippen LogP contribution in [0.3, 0.4) is 0 Å². The second-order valence-electron chi connectivity index (χ2n) is 5.31. The zero-order valence-electron chi connectivity index (χ0n) is 9.82. The summed E-state index contributed by atoms with van der Waals surface area (Å²) in [7, 11) is 1.93. The molecule has 0 aromatic carbocycles. The van der Waals surface area contributed by atoms with Gasteiger partial charge in [0.05, 0.1) is 0 Å². The van der Waals surface area contributed by atoms with E-state index in [0.717, 1.165) is 6.42 Å². The molecule has 0 bridgehead atoms. The number of hydrogen-bond acceptors (Lipinski definition) is 2. The van der Waals surface area contributed by atoms with Gasteiger partial charge < -0.3 is 5.32 Å². The fraction of sp³-hybridized carbons (Fsp3) is 0.909. The SMILES string of the molecule is CNC(C)(C)CCC(=O)C(C)(C)C. The van der Waals surface area contributed by atoms with Gasteiger partial charge in [-0.3, -0.25) is 4.79 Å². The predicted octanol–water partition coefficient (Wildman–Crippen LogP) is 2.38. The van der Waals surface area contributed by atoms with E-state index in [1.165, 1.54) is 0 Å². The van der Waals surface area contributed by atoms with Crippen LogP contribution in [0.5, 0.6) is 0 Å². The molecule has 0 aromatic rings. The molecular formula is C11H23NO. The average Bonchev–Trinajstić information content (AvgIpc) is 1.98. The first kappa shape index (κ1) is 12.6. The van der Waals surface area contributed by atoms with Gasteiger partial charge in [0.15, 0.2) is 0 Å². The summed E-state index contributed by atoms with van der Waals surface area (Å²) in [6, 6.07) is 0. The van der Waals surface area contributed by atoms with Crippen molar-refractivity contribution >= 4 is 5.78 Å². The summed E-state index contributed by atoms with van der Waals surface area (Å²) in [5.74, 6) is 0.343. The number of rotatable bonds is 4. The normalized spacial score (nSPS) is 13.1. The third kappa shape index (κ3) is 5.04. The molecule has 0 fully saturated rings. The summed E-state index contributed by atoms with van der Waals surface area (Å²) in [4.78, 5) is 11.6. The van der Waals surface area contributed by atoms with E-state index in [1.54, 1.807) is 0 Å². The Labute approximate surface area is 82.1 Å². The maximum atomic E-state index is 11.6. The van der Waals surface area contributed by atoms with Crippen LogP contribution in [0.1, 0.15) is 47.5 Å². The fourth-order valence-electron chi connectivity index (χ4n) is 0.926. The molecule has 13 heavy (non-hydrogen) atoms. The Bertz CT molecular complexity index is 177. The van der Waals surface area contributed by atoms with Crippen LogP contribution in [0, 0.1) is 5.41 Å². The van der Waals surface area contributed by atoms with E-state index < -0.39 is 0 Å². The molecule has 0 saturated carbocycles. The largest absolute Gasteiger partial charge is 0.315 e.